The number of benzene rings is 2. The van der Waals surface area contributed by atoms with Gasteiger partial charge < -0.3 is 0 Å². The van der Waals surface area contributed by atoms with Gasteiger partial charge in [-0.3, -0.25) is 14.5 Å². The van der Waals surface area contributed by atoms with E-state index in [1.54, 1.807) is 19.1 Å². The fourth-order valence-electron chi connectivity index (χ4n) is 2.04. The van der Waals surface area contributed by atoms with Crippen molar-refractivity contribution in [1.82, 2.24) is 5.43 Å². The molecule has 2 aromatic carbocycles. The standard InChI is InChI=1S/C15H14Cl3N3O3S/c1-9-6-10(2-4-12(9)16)21(8-15(22)20-19)25(23,24)11-3-5-13(17)14(18)7-11/h2-7H,8,19H2,1H3,(H,20,22). The second-order valence-electron chi connectivity index (χ2n) is 5.09. The first-order valence-electron chi connectivity index (χ1n) is 6.90. The van der Waals surface area contributed by atoms with Gasteiger partial charge in [0, 0.05) is 5.02 Å². The molecule has 0 aromatic heterocycles. The van der Waals surface area contributed by atoms with Crippen molar-refractivity contribution in [2.45, 2.75) is 11.8 Å². The summed E-state index contributed by atoms with van der Waals surface area (Å²) in [5.74, 6) is 4.41. The number of hydrogen-bond acceptors (Lipinski definition) is 4. The summed E-state index contributed by atoms with van der Waals surface area (Å²) in [6.45, 7) is 1.21. The van der Waals surface area contributed by atoms with Crippen LogP contribution in [0.4, 0.5) is 5.69 Å². The maximum atomic E-state index is 13.0. The quantitative estimate of drug-likeness (QED) is 0.440. The van der Waals surface area contributed by atoms with E-state index in [4.69, 9.17) is 40.6 Å². The monoisotopic (exact) mass is 421 g/mol. The van der Waals surface area contributed by atoms with Crippen molar-refractivity contribution in [3.63, 3.8) is 0 Å². The number of carbonyl (C=O) groups is 1. The van der Waals surface area contributed by atoms with E-state index < -0.39 is 22.5 Å². The first-order chi connectivity index (χ1) is 11.7. The van der Waals surface area contributed by atoms with Crippen LogP contribution >= 0.6 is 34.8 Å². The second-order valence-corrected chi connectivity index (χ2v) is 8.17. The number of amides is 1. The van der Waals surface area contributed by atoms with Crippen LogP contribution in [0.25, 0.3) is 0 Å². The Bertz CT molecular complexity index is 919. The van der Waals surface area contributed by atoms with Crippen molar-refractivity contribution < 1.29 is 13.2 Å². The third-order valence-corrected chi connectivity index (χ3v) is 6.29. The Labute approximate surface area is 160 Å². The van der Waals surface area contributed by atoms with Crippen LogP contribution in [0.2, 0.25) is 15.1 Å². The number of carbonyl (C=O) groups excluding carboxylic acids is 1. The summed E-state index contributed by atoms with van der Waals surface area (Å²) in [4.78, 5) is 11.6. The first-order valence-corrected chi connectivity index (χ1v) is 9.47. The fraction of sp³-hybridized carbons (Fsp3) is 0.133. The highest BCUT2D eigenvalue weighted by molar-refractivity contribution is 7.92. The van der Waals surface area contributed by atoms with E-state index in [0.717, 1.165) is 4.31 Å². The molecule has 2 rings (SSSR count). The number of nitrogens with zero attached hydrogens (tertiary/aromatic N) is 1. The second kappa shape index (κ2) is 7.80. The molecule has 0 aliphatic heterocycles. The molecule has 0 aliphatic carbocycles. The zero-order chi connectivity index (χ0) is 18.8. The summed E-state index contributed by atoms with van der Waals surface area (Å²) < 4.78 is 26.9. The number of halogens is 3. The predicted octanol–water partition coefficient (Wildman–Crippen LogP) is 3.14. The Balaban J connectivity index is 2.58. The molecule has 0 heterocycles. The van der Waals surface area contributed by atoms with Gasteiger partial charge in [0.2, 0.25) is 0 Å². The minimum Gasteiger partial charge on any atom is -0.293 e. The molecule has 25 heavy (non-hydrogen) atoms. The van der Waals surface area contributed by atoms with Crippen molar-refractivity contribution in [1.29, 1.82) is 0 Å². The molecular weight excluding hydrogens is 409 g/mol. The molecule has 0 bridgehead atoms. The molecule has 0 spiro atoms. The number of aryl methyl sites for hydroxylation is 1. The van der Waals surface area contributed by atoms with Crippen molar-refractivity contribution in [2.75, 3.05) is 10.8 Å². The van der Waals surface area contributed by atoms with Gasteiger partial charge in [-0.2, -0.15) is 0 Å². The van der Waals surface area contributed by atoms with Gasteiger partial charge in [-0.15, -0.1) is 0 Å². The van der Waals surface area contributed by atoms with Crippen molar-refractivity contribution in [2.24, 2.45) is 5.84 Å². The van der Waals surface area contributed by atoms with Gasteiger partial charge in [0.15, 0.2) is 0 Å². The molecule has 134 valence electrons. The minimum atomic E-state index is -4.10. The Morgan fingerprint density at radius 1 is 1.08 bits per heavy atom. The zero-order valence-electron chi connectivity index (χ0n) is 13.0. The lowest BCUT2D eigenvalue weighted by Gasteiger charge is -2.24. The number of nitrogens with two attached hydrogens (primary N) is 1. The van der Waals surface area contributed by atoms with Gasteiger partial charge in [0.25, 0.3) is 15.9 Å². The molecule has 0 saturated heterocycles. The highest BCUT2D eigenvalue weighted by atomic mass is 35.5. The summed E-state index contributed by atoms with van der Waals surface area (Å²) in [5.41, 5.74) is 2.83. The highest BCUT2D eigenvalue weighted by Crippen LogP contribution is 2.30. The molecule has 0 fully saturated rings. The van der Waals surface area contributed by atoms with E-state index in [1.165, 1.54) is 24.3 Å². The summed E-state index contributed by atoms with van der Waals surface area (Å²) in [5, 5.41) is 0.770. The van der Waals surface area contributed by atoms with E-state index in [2.05, 4.69) is 0 Å². The number of hydrazine groups is 1. The number of anilines is 1. The zero-order valence-corrected chi connectivity index (χ0v) is 16.0. The lowest BCUT2D eigenvalue weighted by molar-refractivity contribution is -0.119. The van der Waals surface area contributed by atoms with E-state index in [9.17, 15) is 13.2 Å². The van der Waals surface area contributed by atoms with E-state index in [1.807, 2.05) is 5.43 Å². The van der Waals surface area contributed by atoms with Crippen LogP contribution in [-0.4, -0.2) is 20.9 Å². The van der Waals surface area contributed by atoms with Crippen LogP contribution < -0.4 is 15.6 Å². The Hall–Kier alpha value is -1.51. The normalized spacial score (nSPS) is 11.2. The molecule has 0 saturated carbocycles. The van der Waals surface area contributed by atoms with Crippen LogP contribution in [-0.2, 0) is 14.8 Å². The van der Waals surface area contributed by atoms with Gasteiger partial charge in [-0.1, -0.05) is 34.8 Å². The maximum absolute atomic E-state index is 13.0. The van der Waals surface area contributed by atoms with Crippen LogP contribution in [0.1, 0.15) is 5.56 Å². The molecule has 10 heteroatoms. The lowest BCUT2D eigenvalue weighted by atomic mass is 10.2. The van der Waals surface area contributed by atoms with Crippen LogP contribution in [0.5, 0.6) is 0 Å². The van der Waals surface area contributed by atoms with Gasteiger partial charge in [-0.05, 0) is 48.9 Å². The lowest BCUT2D eigenvalue weighted by Crippen LogP contribution is -2.43. The highest BCUT2D eigenvalue weighted by Gasteiger charge is 2.28. The minimum absolute atomic E-state index is 0.0817. The summed E-state index contributed by atoms with van der Waals surface area (Å²) in [6.07, 6.45) is 0. The fourth-order valence-corrected chi connectivity index (χ4v) is 3.96. The van der Waals surface area contributed by atoms with Crippen molar-refractivity contribution >= 4 is 56.4 Å². The third kappa shape index (κ3) is 4.37. The average molecular weight is 423 g/mol. The largest absolute Gasteiger partial charge is 0.293 e. The van der Waals surface area contributed by atoms with Crippen LogP contribution in [0, 0.1) is 6.92 Å². The molecule has 0 atom stereocenters. The van der Waals surface area contributed by atoms with E-state index in [-0.39, 0.29) is 20.6 Å². The summed E-state index contributed by atoms with van der Waals surface area (Å²) in [6, 6.07) is 8.49. The van der Waals surface area contributed by atoms with Gasteiger partial charge in [-0.25, -0.2) is 14.3 Å². The van der Waals surface area contributed by atoms with E-state index >= 15 is 0 Å². The predicted molar refractivity (Wildman–Crippen MR) is 99.5 cm³/mol. The maximum Gasteiger partial charge on any atom is 0.264 e. The number of hydrogen-bond donors (Lipinski definition) is 2. The average Bonchev–Trinajstić information content (AvgIpc) is 2.57. The molecule has 3 N–H and O–H groups in total. The van der Waals surface area contributed by atoms with Crippen molar-refractivity contribution in [3.05, 3.63) is 57.0 Å². The Kier molecular flexibility index (Phi) is 6.18. The SMILES string of the molecule is Cc1cc(N(CC(=O)NN)S(=O)(=O)c2ccc(Cl)c(Cl)c2)ccc1Cl. The van der Waals surface area contributed by atoms with E-state index in [0.29, 0.717) is 10.6 Å². The van der Waals surface area contributed by atoms with Gasteiger partial charge in [0.1, 0.15) is 6.54 Å². The molecule has 2 aromatic rings. The Morgan fingerprint density at radius 3 is 2.28 bits per heavy atom. The molecule has 0 radical (unpaired) electrons. The summed E-state index contributed by atoms with van der Waals surface area (Å²) in [7, 11) is -4.10. The van der Waals surface area contributed by atoms with Gasteiger partial charge >= 0.3 is 0 Å². The summed E-state index contributed by atoms with van der Waals surface area (Å²) >= 11 is 17.7. The molecular formula is C15H14Cl3N3O3S. The smallest absolute Gasteiger partial charge is 0.264 e. The number of rotatable bonds is 5. The number of nitrogens with one attached hydrogen (secondary N) is 1. The number of sulfonamides is 1. The molecule has 6 nitrogen and oxygen atoms in total. The third-order valence-electron chi connectivity index (χ3n) is 3.36. The van der Waals surface area contributed by atoms with Crippen molar-refractivity contribution in [3.8, 4) is 0 Å². The molecule has 1 amide bonds. The van der Waals surface area contributed by atoms with Crippen LogP contribution in [0.15, 0.2) is 41.3 Å². The Morgan fingerprint density at radius 2 is 1.72 bits per heavy atom. The van der Waals surface area contributed by atoms with Gasteiger partial charge in [0.05, 0.1) is 20.6 Å². The van der Waals surface area contributed by atoms with Crippen LogP contribution in [0.3, 0.4) is 0 Å². The first kappa shape index (κ1) is 19.8. The molecule has 0 aliphatic rings. The topological polar surface area (TPSA) is 92.5 Å². The molecule has 0 unspecified atom stereocenters.